The van der Waals surface area contributed by atoms with Crippen molar-refractivity contribution >= 4 is 22.6 Å². The van der Waals surface area contributed by atoms with Gasteiger partial charge in [0.15, 0.2) is 16.7 Å². The lowest BCUT2D eigenvalue weighted by Crippen LogP contribution is -2.36. The van der Waals surface area contributed by atoms with E-state index in [1.165, 1.54) is 24.0 Å². The SMILES string of the molecule is CC.N=C(N)SCC1c2cc(-c3cccnc3F)ccc2Oc2c(F)cc(N3CCOCC3)cc21. The quantitative estimate of drug-likeness (QED) is 0.271. The van der Waals surface area contributed by atoms with Gasteiger partial charge in [0, 0.05) is 59.4 Å². The zero-order valence-electron chi connectivity index (χ0n) is 19.7. The Morgan fingerprint density at radius 1 is 1.14 bits per heavy atom. The highest BCUT2D eigenvalue weighted by molar-refractivity contribution is 8.13. The van der Waals surface area contributed by atoms with Gasteiger partial charge in [-0.05, 0) is 35.9 Å². The highest BCUT2D eigenvalue weighted by Gasteiger charge is 2.32. The Labute approximate surface area is 208 Å². The minimum absolute atomic E-state index is 0.0242. The van der Waals surface area contributed by atoms with Crippen molar-refractivity contribution in [2.45, 2.75) is 19.8 Å². The largest absolute Gasteiger partial charge is 0.454 e. The molecule has 0 spiro atoms. The second-order valence-corrected chi connectivity index (χ2v) is 8.93. The lowest BCUT2D eigenvalue weighted by molar-refractivity contribution is 0.122. The Bertz CT molecular complexity index is 1220. The maximum atomic E-state index is 15.2. The molecule has 1 atom stereocenters. The van der Waals surface area contributed by atoms with Gasteiger partial charge in [-0.15, -0.1) is 0 Å². The van der Waals surface area contributed by atoms with Crippen LogP contribution in [0.2, 0.25) is 0 Å². The molecule has 3 aromatic rings. The zero-order valence-corrected chi connectivity index (χ0v) is 20.5. The number of halogens is 2. The molecule has 1 saturated heterocycles. The Kier molecular flexibility index (Phi) is 7.87. The summed E-state index contributed by atoms with van der Waals surface area (Å²) >= 11 is 1.18. The molecule has 2 aliphatic rings. The van der Waals surface area contributed by atoms with Gasteiger partial charge in [-0.2, -0.15) is 4.39 Å². The lowest BCUT2D eigenvalue weighted by Gasteiger charge is -2.33. The zero-order chi connectivity index (χ0) is 24.9. The molecular formula is C26H28F2N4O2S. The van der Waals surface area contributed by atoms with Crippen molar-refractivity contribution in [3.05, 3.63) is 71.6 Å². The number of fused-ring (bicyclic) bond motifs is 2. The van der Waals surface area contributed by atoms with Gasteiger partial charge in [0.25, 0.3) is 0 Å². The summed E-state index contributed by atoms with van der Waals surface area (Å²) in [6.07, 6.45) is 1.40. The maximum absolute atomic E-state index is 15.2. The number of hydrogen-bond donors (Lipinski definition) is 2. The molecule has 2 aromatic carbocycles. The molecule has 0 aliphatic carbocycles. The summed E-state index contributed by atoms with van der Waals surface area (Å²) in [7, 11) is 0. The fraction of sp³-hybridized carbons (Fsp3) is 0.308. The lowest BCUT2D eigenvalue weighted by atomic mass is 9.87. The normalized spacial score (nSPS) is 16.3. The van der Waals surface area contributed by atoms with E-state index in [4.69, 9.17) is 20.6 Å². The molecule has 0 bridgehead atoms. The Balaban J connectivity index is 0.00000141. The van der Waals surface area contributed by atoms with Crippen LogP contribution in [0.15, 0.2) is 48.7 Å². The molecule has 2 aliphatic heterocycles. The minimum Gasteiger partial charge on any atom is -0.454 e. The van der Waals surface area contributed by atoms with Crippen molar-refractivity contribution in [2.75, 3.05) is 37.0 Å². The predicted molar refractivity (Wildman–Crippen MR) is 137 cm³/mol. The number of pyridine rings is 1. The van der Waals surface area contributed by atoms with Gasteiger partial charge in [0.2, 0.25) is 5.95 Å². The van der Waals surface area contributed by atoms with Gasteiger partial charge in [-0.25, -0.2) is 9.37 Å². The van der Waals surface area contributed by atoms with E-state index in [9.17, 15) is 4.39 Å². The van der Waals surface area contributed by atoms with Gasteiger partial charge in [0.1, 0.15) is 5.75 Å². The number of ether oxygens (including phenoxy) is 2. The summed E-state index contributed by atoms with van der Waals surface area (Å²) in [6, 6.07) is 12.1. The molecular weight excluding hydrogens is 470 g/mol. The number of anilines is 1. The molecule has 1 aromatic heterocycles. The van der Waals surface area contributed by atoms with Gasteiger partial charge >= 0.3 is 0 Å². The molecule has 9 heteroatoms. The third-order valence-electron chi connectivity index (χ3n) is 5.88. The average molecular weight is 499 g/mol. The fourth-order valence-corrected chi connectivity index (χ4v) is 4.99. The van der Waals surface area contributed by atoms with Gasteiger partial charge in [-0.1, -0.05) is 31.7 Å². The second kappa shape index (κ2) is 11.0. The van der Waals surface area contributed by atoms with Crippen LogP contribution in [0.5, 0.6) is 11.5 Å². The number of nitrogens with one attached hydrogen (secondary N) is 1. The molecule has 3 N–H and O–H groups in total. The molecule has 3 heterocycles. The topological polar surface area (TPSA) is 84.5 Å². The number of hydrogen-bond acceptors (Lipinski definition) is 6. The smallest absolute Gasteiger partial charge is 0.220 e. The number of rotatable bonds is 4. The molecule has 6 nitrogen and oxygen atoms in total. The first-order valence-electron chi connectivity index (χ1n) is 11.6. The van der Waals surface area contributed by atoms with E-state index in [1.54, 1.807) is 24.3 Å². The van der Waals surface area contributed by atoms with Crippen LogP contribution in [0.3, 0.4) is 0 Å². The van der Waals surface area contributed by atoms with E-state index < -0.39 is 11.8 Å². The van der Waals surface area contributed by atoms with Crippen LogP contribution < -0.4 is 15.4 Å². The van der Waals surface area contributed by atoms with Crippen molar-refractivity contribution in [1.82, 2.24) is 4.98 Å². The van der Waals surface area contributed by atoms with E-state index in [-0.39, 0.29) is 16.8 Å². The van der Waals surface area contributed by atoms with E-state index >= 15 is 4.39 Å². The summed E-state index contributed by atoms with van der Waals surface area (Å²) in [5.41, 5.74) is 8.88. The summed E-state index contributed by atoms with van der Waals surface area (Å²) < 4.78 is 41.0. The highest BCUT2D eigenvalue weighted by Crippen LogP contribution is 2.49. The number of morpholine rings is 1. The van der Waals surface area contributed by atoms with Gasteiger partial charge < -0.3 is 20.1 Å². The second-order valence-electron chi connectivity index (χ2n) is 7.87. The first kappa shape index (κ1) is 24.9. The maximum Gasteiger partial charge on any atom is 0.220 e. The van der Waals surface area contributed by atoms with Crippen LogP contribution >= 0.6 is 11.8 Å². The summed E-state index contributed by atoms with van der Waals surface area (Å²) in [6.45, 7) is 6.52. The van der Waals surface area contributed by atoms with Crippen molar-refractivity contribution in [3.63, 3.8) is 0 Å². The van der Waals surface area contributed by atoms with E-state index in [2.05, 4.69) is 9.88 Å². The number of thioether (sulfide) groups is 1. The van der Waals surface area contributed by atoms with Crippen molar-refractivity contribution in [2.24, 2.45) is 5.73 Å². The standard InChI is InChI=1S/C24H22F2N4O2S.C2H6/c25-20-12-15(30-6-8-31-9-7-30)11-18-19(13-33-24(27)28)17-10-14(3-4-21(17)32-22(18)20)16-2-1-5-29-23(16)26;1-2/h1-5,10-12,19H,6-9,13H2,(H3,27,28);1-2H3. The van der Waals surface area contributed by atoms with Crippen molar-refractivity contribution < 1.29 is 18.3 Å². The highest BCUT2D eigenvalue weighted by atomic mass is 32.2. The molecule has 184 valence electrons. The van der Waals surface area contributed by atoms with E-state index in [0.717, 1.165) is 11.3 Å². The third-order valence-corrected chi connectivity index (χ3v) is 6.69. The third kappa shape index (κ3) is 5.26. The molecule has 1 unspecified atom stereocenters. The Morgan fingerprint density at radius 2 is 1.91 bits per heavy atom. The molecule has 35 heavy (non-hydrogen) atoms. The van der Waals surface area contributed by atoms with Gasteiger partial charge in [0.05, 0.1) is 13.2 Å². The van der Waals surface area contributed by atoms with Crippen LogP contribution in [0.1, 0.15) is 30.9 Å². The monoisotopic (exact) mass is 498 g/mol. The van der Waals surface area contributed by atoms with Gasteiger partial charge in [-0.3, -0.25) is 5.41 Å². The van der Waals surface area contributed by atoms with Crippen molar-refractivity contribution in [3.8, 4) is 22.6 Å². The Morgan fingerprint density at radius 3 is 2.63 bits per heavy atom. The molecule has 0 amide bonds. The molecule has 1 fully saturated rings. The number of nitrogens with two attached hydrogens (primary N) is 1. The molecule has 0 radical (unpaired) electrons. The number of aromatic nitrogens is 1. The van der Waals surface area contributed by atoms with E-state index in [1.807, 2.05) is 26.0 Å². The molecule has 5 rings (SSSR count). The first-order chi connectivity index (χ1) is 17.0. The van der Waals surface area contributed by atoms with Crippen LogP contribution in [0.4, 0.5) is 14.5 Å². The minimum atomic E-state index is -0.565. The summed E-state index contributed by atoms with van der Waals surface area (Å²) in [5.74, 6) is -0.210. The number of benzene rings is 2. The number of nitrogens with zero attached hydrogens (tertiary/aromatic N) is 2. The fourth-order valence-electron chi connectivity index (χ4n) is 4.28. The Hall–Kier alpha value is -3.17. The van der Waals surface area contributed by atoms with Crippen LogP contribution in [0.25, 0.3) is 11.1 Å². The summed E-state index contributed by atoms with van der Waals surface area (Å²) in [4.78, 5) is 5.83. The van der Waals surface area contributed by atoms with Crippen molar-refractivity contribution in [1.29, 1.82) is 5.41 Å². The first-order valence-corrected chi connectivity index (χ1v) is 12.6. The van der Waals surface area contributed by atoms with E-state index in [0.29, 0.717) is 54.5 Å². The van der Waals surface area contributed by atoms with Crippen LogP contribution in [-0.4, -0.2) is 42.2 Å². The van der Waals surface area contributed by atoms with Crippen LogP contribution in [0, 0.1) is 17.2 Å². The predicted octanol–water partition coefficient (Wildman–Crippen LogP) is 5.75. The number of amidine groups is 1. The summed E-state index contributed by atoms with van der Waals surface area (Å²) in [5, 5.41) is 7.66. The average Bonchev–Trinajstić information content (AvgIpc) is 2.88. The van der Waals surface area contributed by atoms with Crippen LogP contribution in [-0.2, 0) is 4.74 Å². The molecule has 0 saturated carbocycles.